The van der Waals surface area contributed by atoms with Gasteiger partial charge < -0.3 is 10.3 Å². The molecule has 102 valence electrons. The average Bonchev–Trinajstić information content (AvgIpc) is 2.72. The molecule has 6 heteroatoms. The highest BCUT2D eigenvalue weighted by Gasteiger charge is 2.15. The highest BCUT2D eigenvalue weighted by molar-refractivity contribution is 9.10. The molecule has 0 saturated heterocycles. The maximum Gasteiger partial charge on any atom is 0.227 e. The number of rotatable bonds is 4. The molecule has 2 rings (SSSR count). The Kier molecular flexibility index (Phi) is 4.01. The molecule has 1 aromatic carbocycles. The van der Waals surface area contributed by atoms with E-state index in [1.807, 2.05) is 13.8 Å². The normalized spacial score (nSPS) is 11.8. The standard InChI is InChI=1S/C13H15BrFN3O/c1-13(2,16)4-3-11-17-12(18-19-11)8-5-9(14)7-10(15)6-8/h5-7H,3-4,16H2,1-2H3. The zero-order valence-corrected chi connectivity index (χ0v) is 12.4. The predicted molar refractivity (Wildman–Crippen MR) is 74.0 cm³/mol. The first-order chi connectivity index (χ1) is 8.83. The lowest BCUT2D eigenvalue weighted by Crippen LogP contribution is -2.32. The third-order valence-electron chi connectivity index (χ3n) is 2.57. The number of benzene rings is 1. The molecule has 4 nitrogen and oxygen atoms in total. The second-order valence-electron chi connectivity index (χ2n) is 5.16. The van der Waals surface area contributed by atoms with Crippen LogP contribution in [0.4, 0.5) is 4.39 Å². The lowest BCUT2D eigenvalue weighted by Gasteiger charge is -2.16. The maximum atomic E-state index is 13.3. The van der Waals surface area contributed by atoms with Gasteiger partial charge in [0.2, 0.25) is 11.7 Å². The van der Waals surface area contributed by atoms with Crippen LogP contribution in [0.5, 0.6) is 0 Å². The number of hydrogen-bond acceptors (Lipinski definition) is 4. The Morgan fingerprint density at radius 1 is 1.37 bits per heavy atom. The fourth-order valence-corrected chi connectivity index (χ4v) is 2.05. The molecule has 0 spiro atoms. The summed E-state index contributed by atoms with van der Waals surface area (Å²) in [6.45, 7) is 3.88. The van der Waals surface area contributed by atoms with Crippen molar-refractivity contribution in [3.8, 4) is 11.4 Å². The summed E-state index contributed by atoms with van der Waals surface area (Å²) in [7, 11) is 0. The number of hydrogen-bond donors (Lipinski definition) is 1. The van der Waals surface area contributed by atoms with Crippen molar-refractivity contribution >= 4 is 15.9 Å². The van der Waals surface area contributed by atoms with Gasteiger partial charge in [0.15, 0.2) is 0 Å². The van der Waals surface area contributed by atoms with Gasteiger partial charge >= 0.3 is 0 Å². The van der Waals surface area contributed by atoms with Gasteiger partial charge in [0, 0.05) is 22.0 Å². The fourth-order valence-electron chi connectivity index (χ4n) is 1.59. The van der Waals surface area contributed by atoms with E-state index < -0.39 is 0 Å². The monoisotopic (exact) mass is 327 g/mol. The van der Waals surface area contributed by atoms with Gasteiger partial charge in [-0.05, 0) is 38.5 Å². The van der Waals surface area contributed by atoms with Gasteiger partial charge in [0.1, 0.15) is 5.82 Å². The molecule has 0 unspecified atom stereocenters. The Bertz CT molecular complexity index is 557. The lowest BCUT2D eigenvalue weighted by molar-refractivity contribution is 0.358. The van der Waals surface area contributed by atoms with Crippen LogP contribution in [0.15, 0.2) is 27.2 Å². The first-order valence-electron chi connectivity index (χ1n) is 5.91. The predicted octanol–water partition coefficient (Wildman–Crippen LogP) is 3.31. The molecule has 0 fully saturated rings. The summed E-state index contributed by atoms with van der Waals surface area (Å²) in [5.74, 6) is 0.540. The van der Waals surface area contributed by atoms with E-state index in [0.29, 0.717) is 28.2 Å². The van der Waals surface area contributed by atoms with Crippen LogP contribution in [0, 0.1) is 5.82 Å². The smallest absolute Gasteiger partial charge is 0.227 e. The average molecular weight is 328 g/mol. The zero-order chi connectivity index (χ0) is 14.0. The second kappa shape index (κ2) is 5.38. The van der Waals surface area contributed by atoms with E-state index in [0.717, 1.165) is 6.42 Å². The minimum Gasteiger partial charge on any atom is -0.339 e. The highest BCUT2D eigenvalue weighted by atomic mass is 79.9. The summed E-state index contributed by atoms with van der Waals surface area (Å²) < 4.78 is 19.1. The first-order valence-corrected chi connectivity index (χ1v) is 6.71. The van der Waals surface area contributed by atoms with Crippen LogP contribution < -0.4 is 5.73 Å². The molecule has 0 aliphatic heterocycles. The van der Waals surface area contributed by atoms with E-state index >= 15 is 0 Å². The molecule has 1 aromatic heterocycles. The summed E-state index contributed by atoms with van der Waals surface area (Å²) >= 11 is 3.23. The molecule has 0 bridgehead atoms. The van der Waals surface area contributed by atoms with Gasteiger partial charge in [0.25, 0.3) is 0 Å². The third kappa shape index (κ3) is 4.11. The maximum absolute atomic E-state index is 13.3. The Morgan fingerprint density at radius 3 is 2.74 bits per heavy atom. The lowest BCUT2D eigenvalue weighted by atomic mass is 10.0. The second-order valence-corrected chi connectivity index (χ2v) is 6.07. The summed E-state index contributed by atoms with van der Waals surface area (Å²) in [6, 6.07) is 4.48. The van der Waals surface area contributed by atoms with E-state index in [-0.39, 0.29) is 11.4 Å². The molecule has 0 amide bonds. The van der Waals surface area contributed by atoms with Crippen molar-refractivity contribution in [3.63, 3.8) is 0 Å². The first kappa shape index (κ1) is 14.1. The number of nitrogens with zero attached hydrogens (tertiary/aromatic N) is 2. The Morgan fingerprint density at radius 2 is 2.11 bits per heavy atom. The van der Waals surface area contributed by atoms with Crippen molar-refractivity contribution in [2.75, 3.05) is 0 Å². The molecular weight excluding hydrogens is 313 g/mol. The summed E-state index contributed by atoms with van der Waals surface area (Å²) in [4.78, 5) is 4.24. The molecule has 0 atom stereocenters. The van der Waals surface area contributed by atoms with E-state index in [2.05, 4.69) is 26.1 Å². The van der Waals surface area contributed by atoms with Crippen molar-refractivity contribution in [3.05, 3.63) is 34.4 Å². The van der Waals surface area contributed by atoms with E-state index in [1.165, 1.54) is 12.1 Å². The van der Waals surface area contributed by atoms with Gasteiger partial charge in [-0.3, -0.25) is 0 Å². The number of aryl methyl sites for hydroxylation is 1. The van der Waals surface area contributed by atoms with Crippen LogP contribution in [-0.2, 0) is 6.42 Å². The fraction of sp³-hybridized carbons (Fsp3) is 0.385. The van der Waals surface area contributed by atoms with Crippen LogP contribution in [0.2, 0.25) is 0 Å². The minimum atomic E-state index is -0.348. The van der Waals surface area contributed by atoms with Crippen molar-refractivity contribution in [2.45, 2.75) is 32.2 Å². The Labute approximate surface area is 119 Å². The summed E-state index contributed by atoms with van der Waals surface area (Å²) in [5, 5.41) is 3.85. The molecule has 2 aromatic rings. The van der Waals surface area contributed by atoms with E-state index in [4.69, 9.17) is 10.3 Å². The molecular formula is C13H15BrFN3O. The van der Waals surface area contributed by atoms with Crippen LogP contribution >= 0.6 is 15.9 Å². The molecule has 1 heterocycles. The van der Waals surface area contributed by atoms with Gasteiger partial charge in [0.05, 0.1) is 0 Å². The highest BCUT2D eigenvalue weighted by Crippen LogP contribution is 2.23. The third-order valence-corrected chi connectivity index (χ3v) is 3.03. The SMILES string of the molecule is CC(C)(N)CCc1nc(-c2cc(F)cc(Br)c2)no1. The van der Waals surface area contributed by atoms with Crippen molar-refractivity contribution in [1.29, 1.82) is 0 Å². The van der Waals surface area contributed by atoms with E-state index in [9.17, 15) is 4.39 Å². The quantitative estimate of drug-likeness (QED) is 0.935. The number of nitrogens with two attached hydrogens (primary N) is 1. The van der Waals surface area contributed by atoms with Crippen molar-refractivity contribution in [2.24, 2.45) is 5.73 Å². The number of halogens is 2. The molecule has 0 aliphatic rings. The van der Waals surface area contributed by atoms with Crippen molar-refractivity contribution < 1.29 is 8.91 Å². The van der Waals surface area contributed by atoms with Crippen LogP contribution in [-0.4, -0.2) is 15.7 Å². The summed E-state index contributed by atoms with van der Waals surface area (Å²) in [6.07, 6.45) is 1.34. The number of aromatic nitrogens is 2. The van der Waals surface area contributed by atoms with Crippen molar-refractivity contribution in [1.82, 2.24) is 10.1 Å². The molecule has 2 N–H and O–H groups in total. The van der Waals surface area contributed by atoms with Gasteiger partial charge in [-0.2, -0.15) is 4.98 Å². The van der Waals surface area contributed by atoms with Crippen LogP contribution in [0.25, 0.3) is 11.4 Å². The topological polar surface area (TPSA) is 64.9 Å². The summed E-state index contributed by atoms with van der Waals surface area (Å²) in [5.41, 5.74) is 6.19. The molecule has 0 radical (unpaired) electrons. The minimum absolute atomic E-state index is 0.281. The van der Waals surface area contributed by atoms with E-state index in [1.54, 1.807) is 6.07 Å². The molecule has 0 saturated carbocycles. The van der Waals surface area contributed by atoms with Crippen LogP contribution in [0.1, 0.15) is 26.2 Å². The zero-order valence-electron chi connectivity index (χ0n) is 10.8. The van der Waals surface area contributed by atoms with Crippen LogP contribution in [0.3, 0.4) is 0 Å². The largest absolute Gasteiger partial charge is 0.339 e. The van der Waals surface area contributed by atoms with Gasteiger partial charge in [-0.25, -0.2) is 4.39 Å². The van der Waals surface area contributed by atoms with Gasteiger partial charge in [-0.15, -0.1) is 0 Å². The van der Waals surface area contributed by atoms with Gasteiger partial charge in [-0.1, -0.05) is 21.1 Å². The molecule has 19 heavy (non-hydrogen) atoms. The Balaban J connectivity index is 2.16. The molecule has 0 aliphatic carbocycles. The Hall–Kier alpha value is -1.27.